The highest BCUT2D eigenvalue weighted by Gasteiger charge is 2.10. The molecule has 0 aliphatic heterocycles. The van der Waals surface area contributed by atoms with Gasteiger partial charge >= 0.3 is 0 Å². The van der Waals surface area contributed by atoms with Gasteiger partial charge in [-0.25, -0.2) is 4.98 Å². The van der Waals surface area contributed by atoms with Crippen LogP contribution >= 0.6 is 11.3 Å². The third kappa shape index (κ3) is 2.74. The lowest BCUT2D eigenvalue weighted by Gasteiger charge is -2.14. The van der Waals surface area contributed by atoms with E-state index < -0.39 is 0 Å². The van der Waals surface area contributed by atoms with E-state index in [1.165, 1.54) is 9.75 Å². The monoisotopic (exact) mass is 293 g/mol. The Bertz CT molecular complexity index is 829. The molecule has 2 heterocycles. The average molecular weight is 293 g/mol. The number of fused-ring (bicyclic) bond motifs is 1. The summed E-state index contributed by atoms with van der Waals surface area (Å²) in [7, 11) is 0. The van der Waals surface area contributed by atoms with Crippen molar-refractivity contribution in [2.45, 2.75) is 19.9 Å². The summed E-state index contributed by atoms with van der Waals surface area (Å²) in [6.07, 6.45) is 0. The third-order valence-corrected chi connectivity index (χ3v) is 4.57. The van der Waals surface area contributed by atoms with E-state index in [0.717, 1.165) is 16.7 Å². The van der Waals surface area contributed by atoms with Crippen LogP contribution in [0.5, 0.6) is 0 Å². The maximum Gasteiger partial charge on any atom is 0.128 e. The number of anilines is 1. The average Bonchev–Trinajstić information content (AvgIpc) is 2.93. The second-order valence-electron chi connectivity index (χ2n) is 5.00. The van der Waals surface area contributed by atoms with Gasteiger partial charge in [-0.15, -0.1) is 11.3 Å². The Morgan fingerprint density at radius 3 is 2.76 bits per heavy atom. The molecule has 1 aromatic carbocycles. The van der Waals surface area contributed by atoms with Gasteiger partial charge in [0.2, 0.25) is 0 Å². The molecular weight excluding hydrogens is 278 g/mol. The molecule has 104 valence electrons. The summed E-state index contributed by atoms with van der Waals surface area (Å²) < 4.78 is 0. The first-order valence-corrected chi connectivity index (χ1v) is 7.62. The Morgan fingerprint density at radius 2 is 2.05 bits per heavy atom. The van der Waals surface area contributed by atoms with Crippen molar-refractivity contribution < 1.29 is 0 Å². The Balaban J connectivity index is 1.96. The van der Waals surface area contributed by atoms with Gasteiger partial charge in [0.25, 0.3) is 0 Å². The normalized spacial score (nSPS) is 12.0. The molecule has 0 fully saturated rings. The minimum atomic E-state index is 0.170. The molecule has 21 heavy (non-hydrogen) atoms. The standard InChI is InChI=1S/C17H15N3S/c1-11-7-8-16(21-11)12(2)19-17-9-13(10-18)14-5-3-4-6-15(14)20-17/h3-9,12H,1-2H3,(H,19,20). The van der Waals surface area contributed by atoms with Gasteiger partial charge in [0.1, 0.15) is 5.82 Å². The first-order valence-electron chi connectivity index (χ1n) is 6.80. The van der Waals surface area contributed by atoms with Crippen molar-refractivity contribution >= 4 is 28.1 Å². The van der Waals surface area contributed by atoms with E-state index in [2.05, 4.69) is 42.4 Å². The SMILES string of the molecule is Cc1ccc(C(C)Nc2cc(C#N)c3ccccc3n2)s1. The first kappa shape index (κ1) is 13.6. The second kappa shape index (κ2) is 5.55. The Labute approximate surface area is 127 Å². The van der Waals surface area contributed by atoms with E-state index in [4.69, 9.17) is 0 Å². The predicted molar refractivity (Wildman–Crippen MR) is 87.6 cm³/mol. The van der Waals surface area contributed by atoms with Crippen molar-refractivity contribution in [3.8, 4) is 6.07 Å². The maximum atomic E-state index is 9.31. The minimum Gasteiger partial charge on any atom is -0.363 e. The molecule has 2 aromatic heterocycles. The largest absolute Gasteiger partial charge is 0.363 e. The topological polar surface area (TPSA) is 48.7 Å². The quantitative estimate of drug-likeness (QED) is 0.764. The summed E-state index contributed by atoms with van der Waals surface area (Å²) in [6, 6.07) is 16.2. The van der Waals surface area contributed by atoms with Crippen molar-refractivity contribution in [3.05, 3.63) is 57.8 Å². The summed E-state index contributed by atoms with van der Waals surface area (Å²) >= 11 is 1.77. The van der Waals surface area contributed by atoms with E-state index in [9.17, 15) is 5.26 Å². The fourth-order valence-electron chi connectivity index (χ4n) is 2.32. The van der Waals surface area contributed by atoms with Crippen LogP contribution in [0, 0.1) is 18.3 Å². The second-order valence-corrected chi connectivity index (χ2v) is 6.32. The van der Waals surface area contributed by atoms with Crippen LogP contribution in [0.25, 0.3) is 10.9 Å². The van der Waals surface area contributed by atoms with Crippen molar-refractivity contribution in [1.29, 1.82) is 5.26 Å². The molecule has 0 amide bonds. The van der Waals surface area contributed by atoms with Crippen LogP contribution in [-0.2, 0) is 0 Å². The molecule has 3 nitrogen and oxygen atoms in total. The smallest absolute Gasteiger partial charge is 0.128 e. The number of nitriles is 1. The summed E-state index contributed by atoms with van der Waals surface area (Å²) in [6.45, 7) is 4.21. The van der Waals surface area contributed by atoms with E-state index in [1.807, 2.05) is 30.3 Å². The molecule has 0 spiro atoms. The molecule has 4 heteroatoms. The number of aromatic nitrogens is 1. The van der Waals surface area contributed by atoms with Crippen LogP contribution < -0.4 is 5.32 Å². The van der Waals surface area contributed by atoms with Gasteiger partial charge in [-0.05, 0) is 38.1 Å². The van der Waals surface area contributed by atoms with E-state index in [1.54, 1.807) is 11.3 Å². The summed E-state index contributed by atoms with van der Waals surface area (Å²) in [5.74, 6) is 0.740. The number of hydrogen-bond donors (Lipinski definition) is 1. The van der Waals surface area contributed by atoms with Crippen LogP contribution in [0.3, 0.4) is 0 Å². The molecule has 0 saturated heterocycles. The molecule has 0 aliphatic rings. The zero-order valence-electron chi connectivity index (χ0n) is 11.9. The number of aryl methyl sites for hydroxylation is 1. The van der Waals surface area contributed by atoms with Crippen molar-refractivity contribution in [2.75, 3.05) is 5.32 Å². The predicted octanol–water partition coefficient (Wildman–Crippen LogP) is 4.65. The molecular formula is C17H15N3S. The Kier molecular flexibility index (Phi) is 3.59. The molecule has 0 saturated carbocycles. The molecule has 1 atom stereocenters. The summed E-state index contributed by atoms with van der Waals surface area (Å²) in [5.41, 5.74) is 1.49. The number of nitrogens with zero attached hydrogens (tertiary/aromatic N) is 2. The van der Waals surface area contributed by atoms with Gasteiger partial charge in [0, 0.05) is 15.1 Å². The van der Waals surface area contributed by atoms with E-state index in [-0.39, 0.29) is 6.04 Å². The number of pyridine rings is 1. The lowest BCUT2D eigenvalue weighted by molar-refractivity contribution is 0.898. The van der Waals surface area contributed by atoms with Crippen molar-refractivity contribution in [1.82, 2.24) is 4.98 Å². The highest BCUT2D eigenvalue weighted by molar-refractivity contribution is 7.12. The number of para-hydroxylation sites is 1. The molecule has 1 unspecified atom stereocenters. The van der Waals surface area contributed by atoms with Gasteiger partial charge in [0.15, 0.2) is 0 Å². The van der Waals surface area contributed by atoms with Gasteiger partial charge in [-0.2, -0.15) is 5.26 Å². The summed E-state index contributed by atoms with van der Waals surface area (Å²) in [5, 5.41) is 13.6. The van der Waals surface area contributed by atoms with Gasteiger partial charge in [0.05, 0.1) is 23.2 Å². The zero-order valence-corrected chi connectivity index (χ0v) is 12.7. The number of nitrogens with one attached hydrogen (secondary N) is 1. The third-order valence-electron chi connectivity index (χ3n) is 3.39. The maximum absolute atomic E-state index is 9.31. The van der Waals surface area contributed by atoms with Gasteiger partial charge in [-0.3, -0.25) is 0 Å². The molecule has 3 rings (SSSR count). The first-order chi connectivity index (χ1) is 10.2. The lowest BCUT2D eigenvalue weighted by atomic mass is 10.1. The van der Waals surface area contributed by atoms with Crippen molar-refractivity contribution in [3.63, 3.8) is 0 Å². The van der Waals surface area contributed by atoms with Gasteiger partial charge < -0.3 is 5.32 Å². The van der Waals surface area contributed by atoms with E-state index >= 15 is 0 Å². The Morgan fingerprint density at radius 1 is 1.24 bits per heavy atom. The van der Waals surface area contributed by atoms with Crippen LogP contribution in [0.2, 0.25) is 0 Å². The number of rotatable bonds is 3. The lowest BCUT2D eigenvalue weighted by Crippen LogP contribution is -2.06. The minimum absolute atomic E-state index is 0.170. The number of hydrogen-bond acceptors (Lipinski definition) is 4. The molecule has 0 radical (unpaired) electrons. The Hall–Kier alpha value is -2.38. The highest BCUT2D eigenvalue weighted by Crippen LogP contribution is 2.27. The van der Waals surface area contributed by atoms with Crippen LogP contribution in [0.4, 0.5) is 5.82 Å². The number of benzene rings is 1. The molecule has 3 aromatic rings. The number of thiophene rings is 1. The molecule has 1 N–H and O–H groups in total. The fourth-order valence-corrected chi connectivity index (χ4v) is 3.20. The molecule has 0 aliphatic carbocycles. The molecule has 0 bridgehead atoms. The fraction of sp³-hybridized carbons (Fsp3) is 0.176. The van der Waals surface area contributed by atoms with E-state index in [0.29, 0.717) is 5.56 Å². The summed E-state index contributed by atoms with van der Waals surface area (Å²) in [4.78, 5) is 7.16. The van der Waals surface area contributed by atoms with Crippen LogP contribution in [-0.4, -0.2) is 4.98 Å². The zero-order chi connectivity index (χ0) is 14.8. The van der Waals surface area contributed by atoms with Gasteiger partial charge in [-0.1, -0.05) is 18.2 Å². The highest BCUT2D eigenvalue weighted by atomic mass is 32.1. The van der Waals surface area contributed by atoms with Crippen LogP contribution in [0.15, 0.2) is 42.5 Å². The van der Waals surface area contributed by atoms with Crippen molar-refractivity contribution in [2.24, 2.45) is 0 Å². The van der Waals surface area contributed by atoms with Crippen LogP contribution in [0.1, 0.15) is 28.3 Å².